The topological polar surface area (TPSA) is 86.2 Å². The summed E-state index contributed by atoms with van der Waals surface area (Å²) in [5, 5.41) is 4.72. The largest absolute Gasteiger partial charge is 0.366 e. The molecule has 0 aromatic heterocycles. The van der Waals surface area contributed by atoms with E-state index in [1.807, 2.05) is 84.9 Å². The molecule has 0 atom stereocenters. The van der Waals surface area contributed by atoms with Gasteiger partial charge in [0.1, 0.15) is 0 Å². The van der Waals surface area contributed by atoms with Crippen LogP contribution in [-0.2, 0) is 12.3 Å². The van der Waals surface area contributed by atoms with Crippen LogP contribution >= 0.6 is 15.8 Å². The Morgan fingerprint density at radius 3 is 0.900 bits per heavy atom. The summed E-state index contributed by atoms with van der Waals surface area (Å²) >= 11 is 0. The van der Waals surface area contributed by atoms with Crippen molar-refractivity contribution < 1.29 is 9.59 Å². The zero-order chi connectivity index (χ0) is 27.9. The number of rotatable bonds is 10. The van der Waals surface area contributed by atoms with Crippen LogP contribution in [0.2, 0.25) is 0 Å². The second-order valence-electron chi connectivity index (χ2n) is 9.38. The fourth-order valence-corrected chi connectivity index (χ4v) is 9.61. The van der Waals surface area contributed by atoms with E-state index >= 15 is 0 Å². The predicted octanol–water partition coefficient (Wildman–Crippen LogP) is 5.15. The van der Waals surface area contributed by atoms with Crippen LogP contribution in [0.15, 0.2) is 133 Å². The third-order valence-electron chi connectivity index (χ3n) is 6.80. The Morgan fingerprint density at radius 1 is 0.425 bits per heavy atom. The van der Waals surface area contributed by atoms with Crippen molar-refractivity contribution in [3.63, 3.8) is 0 Å². The summed E-state index contributed by atoms with van der Waals surface area (Å²) in [6.45, 7) is 0. The molecule has 0 unspecified atom stereocenters. The zero-order valence-corrected chi connectivity index (χ0v) is 23.8. The van der Waals surface area contributed by atoms with Gasteiger partial charge in [0.2, 0.25) is 11.8 Å². The number of primary amides is 2. The van der Waals surface area contributed by atoms with Crippen molar-refractivity contribution in [2.45, 2.75) is 12.3 Å². The highest BCUT2D eigenvalue weighted by Gasteiger charge is 2.26. The van der Waals surface area contributed by atoms with Crippen LogP contribution < -0.4 is 32.7 Å². The van der Waals surface area contributed by atoms with Gasteiger partial charge in [-0.25, -0.2) is 0 Å². The van der Waals surface area contributed by atoms with Gasteiger partial charge < -0.3 is 11.5 Å². The van der Waals surface area contributed by atoms with E-state index in [0.29, 0.717) is 12.3 Å². The number of hydrogen-bond donors (Lipinski definition) is 2. The summed E-state index contributed by atoms with van der Waals surface area (Å²) in [6.07, 6.45) is 1.13. The van der Waals surface area contributed by atoms with Gasteiger partial charge in [0.05, 0.1) is 11.1 Å². The second-order valence-corrected chi connectivity index (χ2v) is 13.8. The molecule has 6 heteroatoms. The minimum Gasteiger partial charge on any atom is -0.366 e. The van der Waals surface area contributed by atoms with E-state index in [2.05, 4.69) is 48.5 Å². The first-order chi connectivity index (χ1) is 19.5. The number of carbonyl (C=O) groups excluding carboxylic acids is 2. The SMILES string of the molecule is NC(=O)c1c(CP(c2ccccc2)c2ccccc2)ccc(CP(c2ccccc2)c2ccccc2)c1C(N)=O. The van der Waals surface area contributed by atoms with Gasteiger partial charge in [-0.3, -0.25) is 9.59 Å². The number of nitrogens with two attached hydrogens (primary N) is 2. The van der Waals surface area contributed by atoms with Gasteiger partial charge in [-0.15, -0.1) is 0 Å². The minimum atomic E-state index is -0.854. The Morgan fingerprint density at radius 2 is 0.675 bits per heavy atom. The highest BCUT2D eigenvalue weighted by atomic mass is 31.1. The quantitative estimate of drug-likeness (QED) is 0.232. The van der Waals surface area contributed by atoms with Crippen molar-refractivity contribution in [2.75, 3.05) is 0 Å². The lowest BCUT2D eigenvalue weighted by Crippen LogP contribution is -2.25. The average Bonchev–Trinajstić information content (AvgIpc) is 3.00. The fourth-order valence-electron chi connectivity index (χ4n) is 4.95. The average molecular weight is 561 g/mol. The molecule has 5 aromatic rings. The van der Waals surface area contributed by atoms with Crippen LogP contribution in [0, 0.1) is 0 Å². The van der Waals surface area contributed by atoms with Crippen LogP contribution in [0.4, 0.5) is 0 Å². The molecule has 4 nitrogen and oxygen atoms in total. The molecule has 0 saturated carbocycles. The van der Waals surface area contributed by atoms with Gasteiger partial charge in [0.25, 0.3) is 0 Å². The molecule has 2 amide bonds. The maximum atomic E-state index is 13.0. The van der Waals surface area contributed by atoms with Crippen molar-refractivity contribution >= 4 is 48.9 Å². The molecule has 5 rings (SSSR count). The molecule has 0 aliphatic carbocycles. The molecule has 0 fully saturated rings. The van der Waals surface area contributed by atoms with Gasteiger partial charge >= 0.3 is 0 Å². The maximum Gasteiger partial charge on any atom is 0.249 e. The molecule has 4 N–H and O–H groups in total. The first kappa shape index (κ1) is 27.5. The molecule has 0 spiro atoms. The lowest BCUT2D eigenvalue weighted by molar-refractivity contribution is 0.0966. The van der Waals surface area contributed by atoms with Crippen molar-refractivity contribution in [2.24, 2.45) is 11.5 Å². The molecule has 0 radical (unpaired) electrons. The van der Waals surface area contributed by atoms with E-state index in [4.69, 9.17) is 11.5 Å². The molecule has 0 bridgehead atoms. The van der Waals surface area contributed by atoms with Crippen LogP contribution in [-0.4, -0.2) is 11.8 Å². The van der Waals surface area contributed by atoms with Crippen LogP contribution in [0.3, 0.4) is 0 Å². The standard InChI is InChI=1S/C34H30N2O2P2/c35-33(37)31-25(23-39(27-13-5-1-6-14-27)28-15-7-2-8-16-28)21-22-26(32(31)34(36)38)24-40(29-17-9-3-10-18-29)30-19-11-4-12-20-30/h1-22H,23-24H2,(H2,35,37)(H2,36,38). The number of amides is 2. The Hall–Kier alpha value is -4.10. The first-order valence-electron chi connectivity index (χ1n) is 13.0. The van der Waals surface area contributed by atoms with Crippen LogP contribution in [0.5, 0.6) is 0 Å². The van der Waals surface area contributed by atoms with E-state index in [-0.39, 0.29) is 11.1 Å². The lowest BCUT2D eigenvalue weighted by atomic mass is 9.96. The van der Waals surface area contributed by atoms with Crippen molar-refractivity contribution in [1.29, 1.82) is 0 Å². The predicted molar refractivity (Wildman–Crippen MR) is 169 cm³/mol. The molecule has 0 heterocycles. The van der Waals surface area contributed by atoms with Crippen molar-refractivity contribution in [3.8, 4) is 0 Å². The zero-order valence-electron chi connectivity index (χ0n) is 22.0. The van der Waals surface area contributed by atoms with Crippen molar-refractivity contribution in [1.82, 2.24) is 0 Å². The van der Waals surface area contributed by atoms with E-state index in [9.17, 15) is 9.59 Å². The number of hydrogen-bond acceptors (Lipinski definition) is 2. The summed E-state index contributed by atoms with van der Waals surface area (Å²) in [6, 6.07) is 45.0. The highest BCUT2D eigenvalue weighted by Crippen LogP contribution is 2.42. The molecular formula is C34H30N2O2P2. The van der Waals surface area contributed by atoms with Crippen molar-refractivity contribution in [3.05, 3.63) is 156 Å². The molecular weight excluding hydrogens is 530 g/mol. The molecule has 0 aliphatic rings. The van der Waals surface area contributed by atoms with Gasteiger partial charge in [-0.1, -0.05) is 133 Å². The second kappa shape index (κ2) is 12.8. The fraction of sp³-hybridized carbons (Fsp3) is 0.0588. The number of benzene rings is 5. The van der Waals surface area contributed by atoms with E-state index in [1.54, 1.807) is 0 Å². The lowest BCUT2D eigenvalue weighted by Gasteiger charge is -2.24. The normalized spacial score (nSPS) is 11.1. The molecule has 40 heavy (non-hydrogen) atoms. The Balaban J connectivity index is 1.61. The summed E-state index contributed by atoms with van der Waals surface area (Å²) in [4.78, 5) is 26.0. The molecule has 0 saturated heterocycles. The van der Waals surface area contributed by atoms with Gasteiger partial charge in [0.15, 0.2) is 0 Å². The summed E-state index contributed by atoms with van der Waals surface area (Å²) in [7, 11) is -1.71. The number of carbonyl (C=O) groups is 2. The molecule has 0 aliphatic heterocycles. The minimum absolute atomic E-state index is 0.237. The summed E-state index contributed by atoms with van der Waals surface area (Å²) < 4.78 is 0. The maximum absolute atomic E-state index is 13.0. The third-order valence-corrected chi connectivity index (χ3v) is 11.8. The van der Waals surface area contributed by atoms with Crippen LogP contribution in [0.1, 0.15) is 31.8 Å². The summed E-state index contributed by atoms with van der Waals surface area (Å²) in [5.41, 5.74) is 13.9. The molecule has 5 aromatic carbocycles. The highest BCUT2D eigenvalue weighted by molar-refractivity contribution is 7.72. The Kier molecular flexibility index (Phi) is 8.81. The van der Waals surface area contributed by atoms with E-state index < -0.39 is 27.7 Å². The van der Waals surface area contributed by atoms with Gasteiger partial charge in [0, 0.05) is 12.3 Å². The third kappa shape index (κ3) is 6.20. The molecule has 198 valence electrons. The van der Waals surface area contributed by atoms with Gasteiger partial charge in [-0.05, 0) is 48.2 Å². The van der Waals surface area contributed by atoms with E-state index in [0.717, 1.165) is 11.1 Å². The van der Waals surface area contributed by atoms with E-state index in [1.165, 1.54) is 21.2 Å². The monoisotopic (exact) mass is 560 g/mol. The Labute approximate surface area is 237 Å². The first-order valence-corrected chi connectivity index (χ1v) is 16.1. The summed E-state index contributed by atoms with van der Waals surface area (Å²) in [5.74, 6) is -1.27. The van der Waals surface area contributed by atoms with Crippen LogP contribution in [0.25, 0.3) is 0 Å². The smallest absolute Gasteiger partial charge is 0.249 e. The Bertz CT molecular complexity index is 1390. The van der Waals surface area contributed by atoms with Gasteiger partial charge in [-0.2, -0.15) is 0 Å².